The molecule has 1 aliphatic carbocycles. The maximum absolute atomic E-state index is 5.37. The predicted octanol–water partition coefficient (Wildman–Crippen LogP) is 1.41. The Labute approximate surface area is 74.7 Å². The Morgan fingerprint density at radius 3 is 2.17 bits per heavy atom. The average Bonchev–Trinajstić information content (AvgIpc) is 2.92. The molecule has 0 radical (unpaired) electrons. The average molecular weight is 169 g/mol. The molecule has 2 rings (SSSR count). The second kappa shape index (κ2) is 3.75. The van der Waals surface area contributed by atoms with Crippen molar-refractivity contribution in [3.63, 3.8) is 0 Å². The molecule has 1 N–H and O–H groups in total. The topological polar surface area (TPSA) is 21.3 Å². The van der Waals surface area contributed by atoms with Gasteiger partial charge in [0.2, 0.25) is 0 Å². The fourth-order valence-electron chi connectivity index (χ4n) is 2.39. The molecule has 12 heavy (non-hydrogen) atoms. The predicted molar refractivity (Wildman–Crippen MR) is 49.1 cm³/mol. The molecule has 0 aromatic rings. The molecular weight excluding hydrogens is 150 g/mol. The van der Waals surface area contributed by atoms with Crippen LogP contribution < -0.4 is 5.32 Å². The van der Waals surface area contributed by atoms with Crippen LogP contribution in [-0.4, -0.2) is 26.3 Å². The van der Waals surface area contributed by atoms with Crippen LogP contribution in [0.1, 0.15) is 25.7 Å². The summed E-state index contributed by atoms with van der Waals surface area (Å²) in [6.07, 6.45) is 5.43. The summed E-state index contributed by atoms with van der Waals surface area (Å²) >= 11 is 0. The molecule has 1 heterocycles. The van der Waals surface area contributed by atoms with E-state index in [-0.39, 0.29) is 0 Å². The van der Waals surface area contributed by atoms with Gasteiger partial charge in [0.1, 0.15) is 0 Å². The van der Waals surface area contributed by atoms with E-state index in [1.165, 1.54) is 25.7 Å². The molecule has 1 saturated carbocycles. The van der Waals surface area contributed by atoms with Crippen molar-refractivity contribution >= 4 is 0 Å². The summed E-state index contributed by atoms with van der Waals surface area (Å²) in [7, 11) is 2.11. The van der Waals surface area contributed by atoms with Crippen LogP contribution in [0, 0.1) is 11.8 Å². The summed E-state index contributed by atoms with van der Waals surface area (Å²) in [5, 5.41) is 3.48. The van der Waals surface area contributed by atoms with Crippen LogP contribution in [-0.2, 0) is 4.74 Å². The molecule has 0 aromatic heterocycles. The van der Waals surface area contributed by atoms with E-state index in [9.17, 15) is 0 Å². The highest BCUT2D eigenvalue weighted by molar-refractivity contribution is 4.90. The normalized spacial score (nSPS) is 28.8. The highest BCUT2D eigenvalue weighted by Gasteiger charge is 2.35. The van der Waals surface area contributed by atoms with Gasteiger partial charge in [0.15, 0.2) is 0 Å². The van der Waals surface area contributed by atoms with E-state index in [1.54, 1.807) is 0 Å². The van der Waals surface area contributed by atoms with Crippen LogP contribution >= 0.6 is 0 Å². The van der Waals surface area contributed by atoms with Crippen molar-refractivity contribution in [2.24, 2.45) is 11.8 Å². The fourth-order valence-corrected chi connectivity index (χ4v) is 2.39. The van der Waals surface area contributed by atoms with Gasteiger partial charge < -0.3 is 10.1 Å². The zero-order valence-corrected chi connectivity index (χ0v) is 7.88. The first-order chi connectivity index (χ1) is 5.92. The first-order valence-corrected chi connectivity index (χ1v) is 5.17. The van der Waals surface area contributed by atoms with Gasteiger partial charge in [-0.05, 0) is 44.6 Å². The molecule has 1 saturated heterocycles. The zero-order chi connectivity index (χ0) is 8.39. The molecule has 0 bridgehead atoms. The lowest BCUT2D eigenvalue weighted by atomic mass is 9.89. The van der Waals surface area contributed by atoms with Gasteiger partial charge in [-0.25, -0.2) is 0 Å². The van der Waals surface area contributed by atoms with Gasteiger partial charge in [0, 0.05) is 19.3 Å². The smallest absolute Gasteiger partial charge is 0.0469 e. The Hall–Kier alpha value is -0.0800. The number of rotatable bonds is 3. The number of hydrogen-bond donors (Lipinski definition) is 1. The quantitative estimate of drug-likeness (QED) is 0.689. The molecule has 0 amide bonds. The minimum absolute atomic E-state index is 0.786. The molecule has 70 valence electrons. The molecular formula is C10H19NO. The van der Waals surface area contributed by atoms with E-state index in [1.807, 2.05) is 0 Å². The van der Waals surface area contributed by atoms with E-state index in [2.05, 4.69) is 12.4 Å². The Kier molecular flexibility index (Phi) is 2.66. The van der Waals surface area contributed by atoms with Crippen LogP contribution in [0.25, 0.3) is 0 Å². The Bertz CT molecular complexity index is 139. The van der Waals surface area contributed by atoms with E-state index in [0.717, 1.165) is 31.1 Å². The lowest BCUT2D eigenvalue weighted by Crippen LogP contribution is -2.38. The summed E-state index contributed by atoms with van der Waals surface area (Å²) < 4.78 is 5.37. The van der Waals surface area contributed by atoms with Crippen molar-refractivity contribution in [3.8, 4) is 0 Å². The van der Waals surface area contributed by atoms with Crippen LogP contribution in [0.5, 0.6) is 0 Å². The van der Waals surface area contributed by atoms with E-state index < -0.39 is 0 Å². The number of ether oxygens (including phenoxy) is 1. The summed E-state index contributed by atoms with van der Waals surface area (Å²) in [4.78, 5) is 0. The molecule has 0 aromatic carbocycles. The minimum Gasteiger partial charge on any atom is -0.381 e. The third-order valence-corrected chi connectivity index (χ3v) is 3.24. The fraction of sp³-hybridized carbons (Fsp3) is 1.00. The maximum atomic E-state index is 5.37. The standard InChI is InChI=1S/C10H19NO/c1-11-10(8-2-3-8)9-4-6-12-7-5-9/h8-11H,2-7H2,1H3. The molecule has 2 aliphatic rings. The van der Waals surface area contributed by atoms with Crippen molar-refractivity contribution < 1.29 is 4.74 Å². The van der Waals surface area contributed by atoms with Gasteiger partial charge >= 0.3 is 0 Å². The van der Waals surface area contributed by atoms with Crippen LogP contribution in [0.4, 0.5) is 0 Å². The van der Waals surface area contributed by atoms with Crippen molar-refractivity contribution in [3.05, 3.63) is 0 Å². The highest BCUT2D eigenvalue weighted by Crippen LogP contribution is 2.38. The van der Waals surface area contributed by atoms with Crippen LogP contribution in [0.3, 0.4) is 0 Å². The Morgan fingerprint density at radius 1 is 1.08 bits per heavy atom. The van der Waals surface area contributed by atoms with Crippen molar-refractivity contribution in [2.75, 3.05) is 20.3 Å². The summed E-state index contributed by atoms with van der Waals surface area (Å²) in [6.45, 7) is 1.96. The molecule has 0 spiro atoms. The minimum atomic E-state index is 0.786. The van der Waals surface area contributed by atoms with Gasteiger partial charge in [-0.3, -0.25) is 0 Å². The van der Waals surface area contributed by atoms with Gasteiger partial charge in [-0.1, -0.05) is 0 Å². The largest absolute Gasteiger partial charge is 0.381 e. The monoisotopic (exact) mass is 169 g/mol. The van der Waals surface area contributed by atoms with Gasteiger partial charge in [-0.15, -0.1) is 0 Å². The lowest BCUT2D eigenvalue weighted by Gasteiger charge is -2.30. The third-order valence-electron chi connectivity index (χ3n) is 3.24. The lowest BCUT2D eigenvalue weighted by molar-refractivity contribution is 0.0518. The summed E-state index contributed by atoms with van der Waals surface area (Å²) in [5.41, 5.74) is 0. The summed E-state index contributed by atoms with van der Waals surface area (Å²) in [5.74, 6) is 1.87. The molecule has 2 nitrogen and oxygen atoms in total. The first-order valence-electron chi connectivity index (χ1n) is 5.17. The zero-order valence-electron chi connectivity index (χ0n) is 7.88. The van der Waals surface area contributed by atoms with E-state index >= 15 is 0 Å². The van der Waals surface area contributed by atoms with Crippen LogP contribution in [0.15, 0.2) is 0 Å². The summed E-state index contributed by atoms with van der Waals surface area (Å²) in [6, 6.07) is 0.786. The Balaban J connectivity index is 1.85. The molecule has 2 fully saturated rings. The molecule has 1 unspecified atom stereocenters. The number of hydrogen-bond acceptors (Lipinski definition) is 2. The van der Waals surface area contributed by atoms with Crippen molar-refractivity contribution in [2.45, 2.75) is 31.7 Å². The van der Waals surface area contributed by atoms with Gasteiger partial charge in [0.05, 0.1) is 0 Å². The van der Waals surface area contributed by atoms with E-state index in [4.69, 9.17) is 4.74 Å². The first kappa shape index (κ1) is 8.52. The SMILES string of the molecule is CNC(C1CCOCC1)C1CC1. The molecule has 1 atom stereocenters. The number of nitrogens with one attached hydrogen (secondary N) is 1. The second-order valence-electron chi connectivity index (χ2n) is 4.10. The van der Waals surface area contributed by atoms with E-state index in [0.29, 0.717) is 0 Å². The molecule has 2 heteroatoms. The Morgan fingerprint density at radius 2 is 1.67 bits per heavy atom. The third kappa shape index (κ3) is 1.80. The highest BCUT2D eigenvalue weighted by atomic mass is 16.5. The van der Waals surface area contributed by atoms with Gasteiger partial charge in [0.25, 0.3) is 0 Å². The van der Waals surface area contributed by atoms with Crippen LogP contribution in [0.2, 0.25) is 0 Å². The van der Waals surface area contributed by atoms with Gasteiger partial charge in [-0.2, -0.15) is 0 Å². The molecule has 1 aliphatic heterocycles. The van der Waals surface area contributed by atoms with Crippen molar-refractivity contribution in [1.29, 1.82) is 0 Å². The second-order valence-corrected chi connectivity index (χ2v) is 4.10. The van der Waals surface area contributed by atoms with Crippen molar-refractivity contribution in [1.82, 2.24) is 5.32 Å². The maximum Gasteiger partial charge on any atom is 0.0469 e.